The van der Waals surface area contributed by atoms with Crippen LogP contribution in [0.25, 0.3) is 0 Å². The van der Waals surface area contributed by atoms with Crippen LogP contribution in [0.5, 0.6) is 0 Å². The number of rotatable bonds is 11. The summed E-state index contributed by atoms with van der Waals surface area (Å²) in [5, 5.41) is 9.87. The fourth-order valence-electron chi connectivity index (χ4n) is 4.10. The van der Waals surface area contributed by atoms with Gasteiger partial charge in [-0.1, -0.05) is 45.7 Å². The zero-order valence-corrected chi connectivity index (χ0v) is 22.5. The largest absolute Gasteiger partial charge is 0.379 e. The van der Waals surface area contributed by atoms with E-state index in [0.717, 1.165) is 56.5 Å². The first kappa shape index (κ1) is 28.6. The molecule has 0 spiro atoms. The molecule has 1 unspecified atom stereocenters. The molecule has 1 aliphatic rings. The lowest BCUT2D eigenvalue weighted by molar-refractivity contribution is -0.116. The number of nitrogens with one attached hydrogen (secondary N) is 3. The van der Waals surface area contributed by atoms with Crippen molar-refractivity contribution in [1.29, 1.82) is 0 Å². The number of nitrogens with zero attached hydrogens (tertiary/aromatic N) is 2. The van der Waals surface area contributed by atoms with Gasteiger partial charge in [-0.05, 0) is 30.0 Å². The lowest BCUT2D eigenvalue weighted by atomic mass is 9.92. The SMILES string of the molecule is CCCC(=O)Nc1ccc(CNC(=NC)NCC(C(CC)CC)N2CCOCC2)cc1.I. The first-order valence-electron chi connectivity index (χ1n) is 11.8. The fourth-order valence-corrected chi connectivity index (χ4v) is 4.10. The van der Waals surface area contributed by atoms with Crippen molar-refractivity contribution >= 4 is 41.5 Å². The van der Waals surface area contributed by atoms with Crippen molar-refractivity contribution in [3.8, 4) is 0 Å². The van der Waals surface area contributed by atoms with E-state index >= 15 is 0 Å². The molecule has 0 radical (unpaired) electrons. The highest BCUT2D eigenvalue weighted by atomic mass is 127. The summed E-state index contributed by atoms with van der Waals surface area (Å²) in [6.07, 6.45) is 3.75. The zero-order valence-electron chi connectivity index (χ0n) is 20.2. The van der Waals surface area contributed by atoms with E-state index < -0.39 is 0 Å². The third-order valence-electron chi connectivity index (χ3n) is 5.98. The summed E-state index contributed by atoms with van der Waals surface area (Å²) in [4.78, 5) is 18.7. The lowest BCUT2D eigenvalue weighted by Gasteiger charge is -2.39. The number of amides is 1. The Bertz CT molecular complexity index is 673. The van der Waals surface area contributed by atoms with Crippen molar-refractivity contribution in [1.82, 2.24) is 15.5 Å². The van der Waals surface area contributed by atoms with Gasteiger partial charge in [0.05, 0.1) is 13.2 Å². The normalized spacial score (nSPS) is 15.7. The molecule has 1 aromatic rings. The Morgan fingerprint density at radius 1 is 1.09 bits per heavy atom. The standard InChI is InChI=1S/C24H41N5O2.HI/c1-5-8-23(30)28-21-11-9-19(10-12-21)17-26-24(25-4)27-18-22(20(6-2)7-3)29-13-15-31-16-14-29;/h9-12,20,22H,5-8,13-18H2,1-4H3,(H,28,30)(H2,25,26,27);1H. The van der Waals surface area contributed by atoms with Gasteiger partial charge in [0, 0.05) is 51.4 Å². The molecule has 0 bridgehead atoms. The Balaban J connectivity index is 0.00000512. The number of aliphatic imine (C=N–C) groups is 1. The molecule has 7 nitrogen and oxygen atoms in total. The summed E-state index contributed by atoms with van der Waals surface area (Å²) in [7, 11) is 1.81. The second kappa shape index (κ2) is 16.3. The van der Waals surface area contributed by atoms with Crippen molar-refractivity contribution in [3.63, 3.8) is 0 Å². The number of guanidine groups is 1. The Kier molecular flexibility index (Phi) is 14.6. The summed E-state index contributed by atoms with van der Waals surface area (Å²) in [5.41, 5.74) is 1.98. The van der Waals surface area contributed by atoms with Crippen LogP contribution in [-0.2, 0) is 16.1 Å². The van der Waals surface area contributed by atoms with Crippen LogP contribution in [0.4, 0.5) is 5.69 Å². The third-order valence-corrected chi connectivity index (χ3v) is 5.98. The summed E-state index contributed by atoms with van der Waals surface area (Å²) in [6, 6.07) is 8.43. The van der Waals surface area contributed by atoms with Crippen LogP contribution in [0.1, 0.15) is 52.0 Å². The Morgan fingerprint density at radius 3 is 2.31 bits per heavy atom. The van der Waals surface area contributed by atoms with Crippen LogP contribution in [0.2, 0.25) is 0 Å². The third kappa shape index (κ3) is 9.62. The molecule has 1 aromatic carbocycles. The first-order chi connectivity index (χ1) is 15.1. The molecule has 1 aliphatic heterocycles. The molecule has 8 heteroatoms. The van der Waals surface area contributed by atoms with Gasteiger partial charge >= 0.3 is 0 Å². The minimum Gasteiger partial charge on any atom is -0.379 e. The highest BCUT2D eigenvalue weighted by molar-refractivity contribution is 14.0. The second-order valence-corrected chi connectivity index (χ2v) is 8.09. The number of hydrogen-bond donors (Lipinski definition) is 3. The number of anilines is 1. The van der Waals surface area contributed by atoms with Crippen LogP contribution in [-0.4, -0.2) is 62.7 Å². The molecule has 1 fully saturated rings. The second-order valence-electron chi connectivity index (χ2n) is 8.09. The van der Waals surface area contributed by atoms with Crippen LogP contribution >= 0.6 is 24.0 Å². The van der Waals surface area contributed by atoms with Gasteiger partial charge < -0.3 is 20.7 Å². The molecule has 0 aromatic heterocycles. The van der Waals surface area contributed by atoms with Crippen molar-refractivity contribution in [2.75, 3.05) is 45.2 Å². The molecular weight excluding hydrogens is 517 g/mol. The Labute approximate surface area is 211 Å². The van der Waals surface area contributed by atoms with Crippen LogP contribution in [0.15, 0.2) is 29.3 Å². The van der Waals surface area contributed by atoms with E-state index in [4.69, 9.17) is 4.74 Å². The van der Waals surface area contributed by atoms with Crippen molar-refractivity contribution in [2.24, 2.45) is 10.9 Å². The van der Waals surface area contributed by atoms with E-state index in [2.05, 4.69) is 39.7 Å². The highest BCUT2D eigenvalue weighted by Gasteiger charge is 2.27. The van der Waals surface area contributed by atoms with Crippen LogP contribution < -0.4 is 16.0 Å². The molecule has 1 heterocycles. The van der Waals surface area contributed by atoms with Crippen molar-refractivity contribution in [2.45, 2.75) is 59.0 Å². The smallest absolute Gasteiger partial charge is 0.224 e. The fraction of sp³-hybridized carbons (Fsp3) is 0.667. The topological polar surface area (TPSA) is 78.0 Å². The molecule has 3 N–H and O–H groups in total. The highest BCUT2D eigenvalue weighted by Crippen LogP contribution is 2.19. The minimum atomic E-state index is 0. The average molecular weight is 560 g/mol. The lowest BCUT2D eigenvalue weighted by Crippen LogP contribution is -2.53. The van der Waals surface area contributed by atoms with Gasteiger partial charge in [0.2, 0.25) is 5.91 Å². The van der Waals surface area contributed by atoms with Crippen LogP contribution in [0, 0.1) is 5.92 Å². The molecule has 32 heavy (non-hydrogen) atoms. The summed E-state index contributed by atoms with van der Waals surface area (Å²) in [5.74, 6) is 1.52. The average Bonchev–Trinajstić information content (AvgIpc) is 2.80. The van der Waals surface area contributed by atoms with E-state index in [1.54, 1.807) is 0 Å². The maximum atomic E-state index is 11.7. The molecule has 0 aliphatic carbocycles. The number of halogens is 1. The Morgan fingerprint density at radius 2 is 1.75 bits per heavy atom. The van der Waals surface area contributed by atoms with Crippen molar-refractivity contribution < 1.29 is 9.53 Å². The number of hydrogen-bond acceptors (Lipinski definition) is 4. The van der Waals surface area contributed by atoms with Gasteiger partial charge in [-0.15, -0.1) is 24.0 Å². The summed E-state index contributed by atoms with van der Waals surface area (Å²) in [6.45, 7) is 11.7. The maximum Gasteiger partial charge on any atom is 0.224 e. The van der Waals surface area contributed by atoms with E-state index in [9.17, 15) is 4.79 Å². The van der Waals surface area contributed by atoms with Crippen molar-refractivity contribution in [3.05, 3.63) is 29.8 Å². The van der Waals surface area contributed by atoms with E-state index in [-0.39, 0.29) is 29.9 Å². The molecule has 1 amide bonds. The van der Waals surface area contributed by atoms with Gasteiger partial charge in [0.25, 0.3) is 0 Å². The minimum absolute atomic E-state index is 0. The molecule has 0 saturated carbocycles. The Hall–Kier alpha value is -1.39. The number of ether oxygens (including phenoxy) is 1. The van der Waals surface area contributed by atoms with Gasteiger partial charge in [-0.3, -0.25) is 14.7 Å². The van der Waals surface area contributed by atoms with Gasteiger partial charge in [0.1, 0.15) is 0 Å². The number of morpholine rings is 1. The summed E-state index contributed by atoms with van der Waals surface area (Å²) >= 11 is 0. The summed E-state index contributed by atoms with van der Waals surface area (Å²) < 4.78 is 5.55. The van der Waals surface area contributed by atoms with E-state index in [1.807, 2.05) is 38.2 Å². The van der Waals surface area contributed by atoms with Gasteiger partial charge in [0.15, 0.2) is 5.96 Å². The predicted molar refractivity (Wildman–Crippen MR) is 144 cm³/mol. The molecule has 182 valence electrons. The number of carbonyl (C=O) groups excluding carboxylic acids is 1. The zero-order chi connectivity index (χ0) is 22.5. The number of benzene rings is 1. The first-order valence-corrected chi connectivity index (χ1v) is 11.8. The van der Waals surface area contributed by atoms with E-state index in [0.29, 0.717) is 24.9 Å². The maximum absolute atomic E-state index is 11.7. The molecule has 2 rings (SSSR count). The monoisotopic (exact) mass is 559 g/mol. The van der Waals surface area contributed by atoms with Gasteiger partial charge in [-0.2, -0.15) is 0 Å². The number of carbonyl (C=O) groups is 1. The molecule has 1 atom stereocenters. The molecular formula is C24H42IN5O2. The quantitative estimate of drug-likeness (QED) is 0.218. The van der Waals surface area contributed by atoms with Gasteiger partial charge in [-0.25, -0.2) is 0 Å². The van der Waals surface area contributed by atoms with E-state index in [1.165, 1.54) is 12.8 Å². The predicted octanol–water partition coefficient (Wildman–Crippen LogP) is 3.85. The van der Waals surface area contributed by atoms with Crippen LogP contribution in [0.3, 0.4) is 0 Å². The molecule has 1 saturated heterocycles.